The Hall–Kier alpha value is -1.63. The summed E-state index contributed by atoms with van der Waals surface area (Å²) in [5.74, 6) is -1.09. The van der Waals surface area contributed by atoms with Gasteiger partial charge < -0.3 is 9.84 Å². The van der Waals surface area contributed by atoms with Crippen molar-refractivity contribution in [1.29, 1.82) is 0 Å². The number of thiazole rings is 1. The number of hydrogen-bond donors (Lipinski definition) is 1. The van der Waals surface area contributed by atoms with Crippen LogP contribution in [-0.2, 0) is 9.53 Å². The van der Waals surface area contributed by atoms with Crippen molar-refractivity contribution >= 4 is 23.4 Å². The van der Waals surface area contributed by atoms with Gasteiger partial charge in [-0.25, -0.2) is 14.6 Å². The Bertz CT molecular complexity index is 491. The van der Waals surface area contributed by atoms with E-state index in [9.17, 15) is 14.7 Å². The van der Waals surface area contributed by atoms with Gasteiger partial charge in [-0.1, -0.05) is 0 Å². The molecule has 1 atom stereocenters. The van der Waals surface area contributed by atoms with Gasteiger partial charge in [0.05, 0.1) is 0 Å². The van der Waals surface area contributed by atoms with Crippen molar-refractivity contribution < 1.29 is 19.4 Å². The predicted octanol–water partition coefficient (Wildman–Crippen LogP) is 2.67. The summed E-state index contributed by atoms with van der Waals surface area (Å²) < 4.78 is 5.33. The van der Waals surface area contributed by atoms with Crippen LogP contribution in [0.3, 0.4) is 0 Å². The molecule has 1 aromatic heterocycles. The van der Waals surface area contributed by atoms with E-state index in [1.807, 2.05) is 0 Å². The van der Waals surface area contributed by atoms with E-state index in [2.05, 4.69) is 4.98 Å². The molecular weight excluding hydrogens is 280 g/mol. The molecule has 0 radical (unpaired) electrons. The third-order valence-corrected chi connectivity index (χ3v) is 3.57. The van der Waals surface area contributed by atoms with E-state index in [-0.39, 0.29) is 6.04 Å². The molecule has 1 N–H and O–H groups in total. The SMILES string of the molecule is CC(C)(C)OC(=O)N(C1CC1)C(C(=O)O)c1nccs1. The van der Waals surface area contributed by atoms with Crippen LogP contribution in [0.1, 0.15) is 44.7 Å². The normalized spacial score (nSPS) is 16.6. The second-order valence-electron chi connectivity index (χ2n) is 5.73. The Labute approximate surface area is 121 Å². The molecule has 0 spiro atoms. The second kappa shape index (κ2) is 5.40. The first-order chi connectivity index (χ1) is 9.29. The maximum absolute atomic E-state index is 12.3. The van der Waals surface area contributed by atoms with E-state index in [4.69, 9.17) is 4.74 Å². The van der Waals surface area contributed by atoms with Gasteiger partial charge in [0.1, 0.15) is 10.6 Å². The zero-order chi connectivity index (χ0) is 14.9. The average molecular weight is 298 g/mol. The molecule has 1 heterocycles. The van der Waals surface area contributed by atoms with Gasteiger partial charge in [0.15, 0.2) is 6.04 Å². The number of hydrogen-bond acceptors (Lipinski definition) is 5. The van der Waals surface area contributed by atoms with Crippen molar-refractivity contribution in [2.75, 3.05) is 0 Å². The molecule has 0 aliphatic heterocycles. The first-order valence-corrected chi connectivity index (χ1v) is 7.31. The lowest BCUT2D eigenvalue weighted by Crippen LogP contribution is -2.43. The van der Waals surface area contributed by atoms with E-state index < -0.39 is 23.7 Å². The monoisotopic (exact) mass is 298 g/mol. The molecule has 1 aromatic rings. The van der Waals surface area contributed by atoms with Gasteiger partial charge in [-0.15, -0.1) is 11.3 Å². The second-order valence-corrected chi connectivity index (χ2v) is 6.66. The molecule has 1 unspecified atom stereocenters. The van der Waals surface area contributed by atoms with Crippen molar-refractivity contribution in [1.82, 2.24) is 9.88 Å². The Morgan fingerprint density at radius 2 is 2.15 bits per heavy atom. The summed E-state index contributed by atoms with van der Waals surface area (Å²) in [7, 11) is 0. The summed E-state index contributed by atoms with van der Waals surface area (Å²) in [5.41, 5.74) is -0.657. The molecule has 0 saturated heterocycles. The van der Waals surface area contributed by atoms with E-state index in [1.165, 1.54) is 22.4 Å². The van der Waals surface area contributed by atoms with Crippen molar-refractivity contribution in [3.8, 4) is 0 Å². The Balaban J connectivity index is 2.26. The zero-order valence-electron chi connectivity index (χ0n) is 11.7. The molecule has 1 aliphatic carbocycles. The summed E-state index contributed by atoms with van der Waals surface area (Å²) in [6.45, 7) is 5.28. The number of aliphatic carboxylic acids is 1. The predicted molar refractivity (Wildman–Crippen MR) is 73.6 cm³/mol. The third-order valence-electron chi connectivity index (χ3n) is 2.74. The molecule has 1 aliphatic rings. The highest BCUT2D eigenvalue weighted by atomic mass is 32.1. The molecule has 0 aromatic carbocycles. The highest BCUT2D eigenvalue weighted by Gasteiger charge is 2.44. The lowest BCUT2D eigenvalue weighted by Gasteiger charge is -2.30. The van der Waals surface area contributed by atoms with Gasteiger partial charge in [0.2, 0.25) is 0 Å². The van der Waals surface area contributed by atoms with Crippen LogP contribution in [0.4, 0.5) is 4.79 Å². The number of carbonyl (C=O) groups excluding carboxylic acids is 1. The number of carboxylic acids is 1. The van der Waals surface area contributed by atoms with Gasteiger partial charge in [0, 0.05) is 17.6 Å². The Kier molecular flexibility index (Phi) is 3.99. The highest BCUT2D eigenvalue weighted by Crippen LogP contribution is 2.36. The number of ether oxygens (including phenoxy) is 1. The van der Waals surface area contributed by atoms with Gasteiger partial charge in [-0.2, -0.15) is 0 Å². The van der Waals surface area contributed by atoms with Crippen molar-refractivity contribution in [2.24, 2.45) is 0 Å². The molecule has 0 bridgehead atoms. The lowest BCUT2D eigenvalue weighted by molar-refractivity contribution is -0.143. The fourth-order valence-corrected chi connectivity index (χ4v) is 2.57. The van der Waals surface area contributed by atoms with Gasteiger partial charge in [-0.05, 0) is 33.6 Å². The minimum absolute atomic E-state index is 0.0742. The number of amides is 1. The Morgan fingerprint density at radius 3 is 2.55 bits per heavy atom. The molecule has 1 fully saturated rings. The molecule has 1 amide bonds. The maximum atomic E-state index is 12.3. The molecule has 6 nitrogen and oxygen atoms in total. The third kappa shape index (κ3) is 3.47. The zero-order valence-corrected chi connectivity index (χ0v) is 12.5. The van der Waals surface area contributed by atoms with Crippen molar-refractivity contribution in [3.05, 3.63) is 16.6 Å². The summed E-state index contributed by atoms with van der Waals surface area (Å²) in [4.78, 5) is 29.2. The van der Waals surface area contributed by atoms with Crippen LogP contribution in [0, 0.1) is 0 Å². The van der Waals surface area contributed by atoms with Crippen LogP contribution in [0.15, 0.2) is 11.6 Å². The highest BCUT2D eigenvalue weighted by molar-refractivity contribution is 7.09. The van der Waals surface area contributed by atoms with E-state index >= 15 is 0 Å². The fraction of sp³-hybridized carbons (Fsp3) is 0.615. The van der Waals surface area contributed by atoms with Crippen molar-refractivity contribution in [2.45, 2.75) is 51.3 Å². The topological polar surface area (TPSA) is 79.7 Å². The first kappa shape index (κ1) is 14.8. The number of carbonyl (C=O) groups is 2. The number of nitrogens with zero attached hydrogens (tertiary/aromatic N) is 2. The minimum atomic E-state index is -1.09. The van der Waals surface area contributed by atoms with E-state index in [1.54, 1.807) is 26.2 Å². The largest absolute Gasteiger partial charge is 0.479 e. The molecule has 110 valence electrons. The van der Waals surface area contributed by atoms with Crippen LogP contribution >= 0.6 is 11.3 Å². The summed E-state index contributed by atoms with van der Waals surface area (Å²) in [5, 5.41) is 11.6. The van der Waals surface area contributed by atoms with Gasteiger partial charge >= 0.3 is 12.1 Å². The molecule has 20 heavy (non-hydrogen) atoms. The number of rotatable bonds is 4. The smallest absolute Gasteiger partial charge is 0.411 e. The van der Waals surface area contributed by atoms with E-state index in [0.29, 0.717) is 5.01 Å². The minimum Gasteiger partial charge on any atom is -0.479 e. The average Bonchev–Trinajstić information content (AvgIpc) is 2.98. The quantitative estimate of drug-likeness (QED) is 0.924. The summed E-state index contributed by atoms with van der Waals surface area (Å²) >= 11 is 1.23. The Morgan fingerprint density at radius 1 is 1.50 bits per heavy atom. The number of aromatic nitrogens is 1. The van der Waals surface area contributed by atoms with Crippen molar-refractivity contribution in [3.63, 3.8) is 0 Å². The molecule has 1 saturated carbocycles. The first-order valence-electron chi connectivity index (χ1n) is 6.43. The van der Waals surface area contributed by atoms with Crippen LogP contribution in [-0.4, -0.2) is 38.7 Å². The molecule has 2 rings (SSSR count). The molecular formula is C13H18N2O4S. The fourth-order valence-electron chi connectivity index (χ4n) is 1.85. The standard InChI is InChI=1S/C13H18N2O4S/c1-13(2,3)19-12(18)15(8-4-5-8)9(11(16)17)10-14-6-7-20-10/h6-9H,4-5H2,1-3H3,(H,16,17). The van der Waals surface area contributed by atoms with Gasteiger partial charge in [0.25, 0.3) is 0 Å². The van der Waals surface area contributed by atoms with Crippen LogP contribution < -0.4 is 0 Å². The van der Waals surface area contributed by atoms with Gasteiger partial charge in [-0.3, -0.25) is 4.90 Å². The number of carboxylic acid groups (broad SMARTS) is 1. The maximum Gasteiger partial charge on any atom is 0.411 e. The van der Waals surface area contributed by atoms with Crippen LogP contribution in [0.25, 0.3) is 0 Å². The van der Waals surface area contributed by atoms with Crippen LogP contribution in [0.2, 0.25) is 0 Å². The van der Waals surface area contributed by atoms with E-state index in [0.717, 1.165) is 12.8 Å². The molecule has 7 heteroatoms. The lowest BCUT2D eigenvalue weighted by atomic mass is 10.2. The van der Waals surface area contributed by atoms with Crippen LogP contribution in [0.5, 0.6) is 0 Å². The summed E-state index contributed by atoms with van der Waals surface area (Å²) in [6, 6.07) is -1.15. The summed E-state index contributed by atoms with van der Waals surface area (Å²) in [6.07, 6.45) is 2.54.